The van der Waals surface area contributed by atoms with Gasteiger partial charge in [-0.2, -0.15) is 8.42 Å². The molecule has 0 saturated heterocycles. The van der Waals surface area contributed by atoms with Crippen LogP contribution in [0.15, 0.2) is 24.4 Å². The Morgan fingerprint density at radius 1 is 1.43 bits per heavy atom. The molecule has 1 aromatic heterocycles. The van der Waals surface area contributed by atoms with Crippen LogP contribution in [0.4, 0.5) is 0 Å². The molecule has 0 aliphatic rings. The molecule has 78 valence electrons. The highest BCUT2D eigenvalue weighted by molar-refractivity contribution is 7.85. The number of hydrogen-bond donors (Lipinski definition) is 2. The second-order valence-corrected chi connectivity index (χ2v) is 4.36. The van der Waals surface area contributed by atoms with E-state index in [0.717, 1.165) is 5.69 Å². The van der Waals surface area contributed by atoms with Crippen molar-refractivity contribution in [1.29, 1.82) is 0 Å². The standard InChI is InChI=1S/C8H12N2O3S/c11-14(12,13)6-5-9-7-8-3-1-2-4-10-8/h1-4,9H,5-7H2,(H,11,12,13). The fourth-order valence-electron chi connectivity index (χ4n) is 0.920. The molecule has 0 unspecified atom stereocenters. The highest BCUT2D eigenvalue weighted by Gasteiger charge is 2.02. The summed E-state index contributed by atoms with van der Waals surface area (Å²) < 4.78 is 29.1. The molecule has 0 fully saturated rings. The molecule has 0 radical (unpaired) electrons. The van der Waals surface area contributed by atoms with Crippen molar-refractivity contribution in [3.8, 4) is 0 Å². The quantitative estimate of drug-likeness (QED) is 0.537. The molecule has 1 rings (SSSR count). The largest absolute Gasteiger partial charge is 0.310 e. The van der Waals surface area contributed by atoms with E-state index in [9.17, 15) is 8.42 Å². The smallest absolute Gasteiger partial charge is 0.266 e. The summed E-state index contributed by atoms with van der Waals surface area (Å²) in [4.78, 5) is 4.04. The van der Waals surface area contributed by atoms with Crippen LogP contribution < -0.4 is 5.32 Å². The van der Waals surface area contributed by atoms with Crippen LogP contribution in [-0.4, -0.2) is 30.3 Å². The minimum Gasteiger partial charge on any atom is -0.310 e. The average Bonchev–Trinajstić information content (AvgIpc) is 2.13. The van der Waals surface area contributed by atoms with E-state index in [0.29, 0.717) is 6.54 Å². The Morgan fingerprint density at radius 2 is 2.21 bits per heavy atom. The van der Waals surface area contributed by atoms with Crippen molar-refractivity contribution in [2.24, 2.45) is 0 Å². The van der Waals surface area contributed by atoms with Gasteiger partial charge in [-0.15, -0.1) is 0 Å². The molecule has 0 bridgehead atoms. The van der Waals surface area contributed by atoms with E-state index in [2.05, 4.69) is 10.3 Å². The van der Waals surface area contributed by atoms with Crippen molar-refractivity contribution in [2.45, 2.75) is 6.54 Å². The second-order valence-electron chi connectivity index (χ2n) is 2.78. The first-order valence-corrected chi connectivity index (χ1v) is 5.74. The number of aromatic nitrogens is 1. The number of hydrogen-bond acceptors (Lipinski definition) is 4. The lowest BCUT2D eigenvalue weighted by atomic mass is 10.3. The Morgan fingerprint density at radius 3 is 2.79 bits per heavy atom. The van der Waals surface area contributed by atoms with Gasteiger partial charge in [0.05, 0.1) is 11.4 Å². The molecular weight excluding hydrogens is 204 g/mol. The molecule has 2 N–H and O–H groups in total. The first kappa shape index (κ1) is 11.1. The highest BCUT2D eigenvalue weighted by Crippen LogP contribution is 1.91. The van der Waals surface area contributed by atoms with Crippen molar-refractivity contribution in [3.05, 3.63) is 30.1 Å². The second kappa shape index (κ2) is 5.04. The minimum absolute atomic E-state index is 0.218. The molecule has 0 aliphatic carbocycles. The van der Waals surface area contributed by atoms with E-state index in [1.807, 2.05) is 18.2 Å². The van der Waals surface area contributed by atoms with Gasteiger partial charge in [0.1, 0.15) is 0 Å². The van der Waals surface area contributed by atoms with Crippen LogP contribution in [0, 0.1) is 0 Å². The molecule has 0 spiro atoms. The van der Waals surface area contributed by atoms with Gasteiger partial charge in [0.2, 0.25) is 0 Å². The molecule has 14 heavy (non-hydrogen) atoms. The number of nitrogens with zero attached hydrogens (tertiary/aromatic N) is 1. The van der Waals surface area contributed by atoms with Gasteiger partial charge < -0.3 is 5.32 Å². The molecule has 1 heterocycles. The third-order valence-corrected chi connectivity index (χ3v) is 2.29. The zero-order chi connectivity index (χ0) is 10.4. The highest BCUT2D eigenvalue weighted by atomic mass is 32.2. The van der Waals surface area contributed by atoms with Gasteiger partial charge in [-0.05, 0) is 12.1 Å². The molecule has 6 heteroatoms. The number of rotatable bonds is 5. The maximum absolute atomic E-state index is 10.3. The molecular formula is C8H12N2O3S. The van der Waals surface area contributed by atoms with Gasteiger partial charge >= 0.3 is 0 Å². The lowest BCUT2D eigenvalue weighted by Gasteiger charge is -2.01. The predicted octanol–water partition coefficient (Wildman–Crippen LogP) is 0.0590. The SMILES string of the molecule is O=S(=O)(O)CCNCc1ccccn1. The van der Waals surface area contributed by atoms with Crippen molar-refractivity contribution < 1.29 is 13.0 Å². The molecule has 0 saturated carbocycles. The predicted molar refractivity (Wildman–Crippen MR) is 52.4 cm³/mol. The Bertz CT molecular complexity index is 363. The van der Waals surface area contributed by atoms with E-state index >= 15 is 0 Å². The van der Waals surface area contributed by atoms with E-state index in [-0.39, 0.29) is 12.3 Å². The molecule has 0 aromatic carbocycles. The van der Waals surface area contributed by atoms with Gasteiger partial charge in [-0.1, -0.05) is 6.07 Å². The summed E-state index contributed by atoms with van der Waals surface area (Å²) in [5.74, 6) is -0.278. The average molecular weight is 216 g/mol. The van der Waals surface area contributed by atoms with Crippen molar-refractivity contribution in [2.75, 3.05) is 12.3 Å². The van der Waals surface area contributed by atoms with E-state index < -0.39 is 10.1 Å². The molecule has 5 nitrogen and oxygen atoms in total. The summed E-state index contributed by atoms with van der Waals surface area (Å²) in [7, 11) is -3.86. The van der Waals surface area contributed by atoms with Crippen LogP contribution in [0.2, 0.25) is 0 Å². The van der Waals surface area contributed by atoms with Gasteiger partial charge in [0.25, 0.3) is 10.1 Å². The molecule has 1 aromatic rings. The Balaban J connectivity index is 2.23. The summed E-state index contributed by atoms with van der Waals surface area (Å²) in [6.07, 6.45) is 1.67. The van der Waals surface area contributed by atoms with Crippen LogP contribution in [0.5, 0.6) is 0 Å². The third kappa shape index (κ3) is 4.90. The number of nitrogens with one attached hydrogen (secondary N) is 1. The fourth-order valence-corrected chi connectivity index (χ4v) is 1.32. The Labute approximate surface area is 82.9 Å². The van der Waals surface area contributed by atoms with E-state index in [1.54, 1.807) is 6.20 Å². The van der Waals surface area contributed by atoms with Gasteiger partial charge in [0, 0.05) is 19.3 Å². The maximum atomic E-state index is 10.3. The Hall–Kier alpha value is -0.980. The lowest BCUT2D eigenvalue weighted by Crippen LogP contribution is -2.22. The van der Waals surface area contributed by atoms with Gasteiger partial charge in [-0.3, -0.25) is 9.54 Å². The van der Waals surface area contributed by atoms with Crippen molar-refractivity contribution in [1.82, 2.24) is 10.3 Å². The summed E-state index contributed by atoms with van der Waals surface area (Å²) in [6.45, 7) is 0.714. The topological polar surface area (TPSA) is 79.3 Å². The lowest BCUT2D eigenvalue weighted by molar-refractivity contribution is 0.480. The van der Waals surface area contributed by atoms with Crippen LogP contribution >= 0.6 is 0 Å². The first-order chi connectivity index (χ1) is 6.58. The summed E-state index contributed by atoms with van der Waals surface area (Å²) in [5.41, 5.74) is 0.836. The summed E-state index contributed by atoms with van der Waals surface area (Å²) in [6, 6.07) is 5.49. The Kier molecular flexibility index (Phi) is 3.99. The van der Waals surface area contributed by atoms with Crippen molar-refractivity contribution in [3.63, 3.8) is 0 Å². The van der Waals surface area contributed by atoms with Crippen LogP contribution in [0.3, 0.4) is 0 Å². The van der Waals surface area contributed by atoms with Crippen molar-refractivity contribution >= 4 is 10.1 Å². The third-order valence-electron chi connectivity index (χ3n) is 1.57. The van der Waals surface area contributed by atoms with E-state index in [4.69, 9.17) is 4.55 Å². The van der Waals surface area contributed by atoms with Gasteiger partial charge in [0.15, 0.2) is 0 Å². The monoisotopic (exact) mass is 216 g/mol. The van der Waals surface area contributed by atoms with Crippen LogP contribution in [0.1, 0.15) is 5.69 Å². The minimum atomic E-state index is -3.86. The zero-order valence-electron chi connectivity index (χ0n) is 7.55. The van der Waals surface area contributed by atoms with Crippen LogP contribution in [-0.2, 0) is 16.7 Å². The molecule has 0 aliphatic heterocycles. The normalized spacial score (nSPS) is 11.5. The number of pyridine rings is 1. The summed E-state index contributed by atoms with van der Waals surface area (Å²) in [5, 5.41) is 2.86. The maximum Gasteiger partial charge on any atom is 0.266 e. The summed E-state index contributed by atoms with van der Waals surface area (Å²) >= 11 is 0. The van der Waals surface area contributed by atoms with E-state index in [1.165, 1.54) is 0 Å². The van der Waals surface area contributed by atoms with Gasteiger partial charge in [-0.25, -0.2) is 0 Å². The molecule has 0 atom stereocenters. The molecule has 0 amide bonds. The zero-order valence-corrected chi connectivity index (χ0v) is 8.37. The first-order valence-electron chi connectivity index (χ1n) is 4.14. The fraction of sp³-hybridized carbons (Fsp3) is 0.375. The van der Waals surface area contributed by atoms with Crippen LogP contribution in [0.25, 0.3) is 0 Å².